The van der Waals surface area contributed by atoms with Crippen LogP contribution in [0, 0.1) is 0 Å². The fraction of sp³-hybridized carbons (Fsp3) is 0.286. The molecule has 0 spiro atoms. The van der Waals surface area contributed by atoms with Crippen molar-refractivity contribution in [3.8, 4) is 0 Å². The molecule has 130 valence electrons. The van der Waals surface area contributed by atoms with Crippen molar-refractivity contribution in [1.29, 1.82) is 0 Å². The van der Waals surface area contributed by atoms with E-state index in [2.05, 4.69) is 50.3 Å². The molecule has 4 aromatic rings. The summed E-state index contributed by atoms with van der Waals surface area (Å²) in [4.78, 5) is 11.3. The first-order valence-electron chi connectivity index (χ1n) is 9.21. The van der Waals surface area contributed by atoms with Gasteiger partial charge in [-0.05, 0) is 55.8 Å². The van der Waals surface area contributed by atoms with Gasteiger partial charge in [0, 0.05) is 42.0 Å². The zero-order valence-corrected chi connectivity index (χ0v) is 14.6. The van der Waals surface area contributed by atoms with Crippen molar-refractivity contribution < 1.29 is 0 Å². The largest absolute Gasteiger partial charge is 0.299 e. The van der Waals surface area contributed by atoms with Gasteiger partial charge >= 0.3 is 0 Å². The normalized spacial score (nSPS) is 16.5. The van der Waals surface area contributed by atoms with Crippen molar-refractivity contribution >= 4 is 16.6 Å². The van der Waals surface area contributed by atoms with Crippen molar-refractivity contribution in [3.63, 3.8) is 0 Å². The fourth-order valence-corrected chi connectivity index (χ4v) is 4.03. The molecule has 0 N–H and O–H groups in total. The van der Waals surface area contributed by atoms with E-state index in [1.54, 1.807) is 0 Å². The standard InChI is InChI=1S/C21H21N5/c1-2-18-14-16(3-4-19(18)22-9-1)15-25-12-7-17(8-13-25)20-5-10-23-21-6-11-24-26(20)21/h1-6,9-11,14,17H,7-8,12-13,15H2. The number of likely N-dealkylation sites (tertiary alicyclic amines) is 1. The highest BCUT2D eigenvalue weighted by Gasteiger charge is 2.23. The van der Waals surface area contributed by atoms with Gasteiger partial charge in [0.15, 0.2) is 5.65 Å². The molecule has 0 radical (unpaired) electrons. The van der Waals surface area contributed by atoms with Gasteiger partial charge in [0.1, 0.15) is 0 Å². The molecule has 1 saturated heterocycles. The predicted molar refractivity (Wildman–Crippen MR) is 102 cm³/mol. The summed E-state index contributed by atoms with van der Waals surface area (Å²) in [5, 5.41) is 5.66. The second-order valence-corrected chi connectivity index (χ2v) is 7.05. The van der Waals surface area contributed by atoms with Gasteiger partial charge in [0.05, 0.1) is 11.7 Å². The maximum Gasteiger partial charge on any atom is 0.155 e. The minimum absolute atomic E-state index is 0.553. The Morgan fingerprint density at radius 3 is 2.77 bits per heavy atom. The van der Waals surface area contributed by atoms with Crippen LogP contribution in [-0.2, 0) is 6.54 Å². The number of rotatable bonds is 3. The van der Waals surface area contributed by atoms with E-state index >= 15 is 0 Å². The second kappa shape index (κ2) is 6.50. The Bertz CT molecular complexity index is 1050. The van der Waals surface area contributed by atoms with E-state index in [1.165, 1.54) is 16.6 Å². The van der Waals surface area contributed by atoms with E-state index < -0.39 is 0 Å². The number of benzene rings is 1. The van der Waals surface area contributed by atoms with E-state index in [0.29, 0.717) is 5.92 Å². The molecular formula is C21H21N5. The van der Waals surface area contributed by atoms with Gasteiger partial charge in [-0.3, -0.25) is 9.88 Å². The summed E-state index contributed by atoms with van der Waals surface area (Å²) in [6, 6.07) is 14.8. The van der Waals surface area contributed by atoms with Crippen LogP contribution in [0.3, 0.4) is 0 Å². The Morgan fingerprint density at radius 2 is 1.85 bits per heavy atom. The average Bonchev–Trinajstić information content (AvgIpc) is 3.17. The molecule has 4 heterocycles. The zero-order valence-electron chi connectivity index (χ0n) is 14.6. The molecule has 0 saturated carbocycles. The number of aromatic nitrogens is 4. The van der Waals surface area contributed by atoms with Crippen molar-refractivity contribution in [3.05, 3.63) is 72.3 Å². The number of hydrogen-bond donors (Lipinski definition) is 0. The van der Waals surface area contributed by atoms with Crippen LogP contribution in [0.1, 0.15) is 30.0 Å². The lowest BCUT2D eigenvalue weighted by atomic mass is 9.93. The summed E-state index contributed by atoms with van der Waals surface area (Å²) < 4.78 is 2.00. The molecule has 1 fully saturated rings. The Balaban J connectivity index is 1.28. The minimum Gasteiger partial charge on any atom is -0.299 e. The van der Waals surface area contributed by atoms with Crippen LogP contribution in [0.4, 0.5) is 0 Å². The van der Waals surface area contributed by atoms with Crippen LogP contribution >= 0.6 is 0 Å². The smallest absolute Gasteiger partial charge is 0.155 e. The van der Waals surface area contributed by atoms with Gasteiger partial charge in [-0.2, -0.15) is 5.10 Å². The van der Waals surface area contributed by atoms with Gasteiger partial charge in [0.2, 0.25) is 0 Å². The molecule has 0 bridgehead atoms. The Labute approximate surface area is 152 Å². The van der Waals surface area contributed by atoms with Crippen LogP contribution < -0.4 is 0 Å². The first-order valence-corrected chi connectivity index (χ1v) is 9.21. The summed E-state index contributed by atoms with van der Waals surface area (Å²) in [6.45, 7) is 3.23. The fourth-order valence-electron chi connectivity index (χ4n) is 4.03. The van der Waals surface area contributed by atoms with E-state index in [9.17, 15) is 0 Å². The maximum absolute atomic E-state index is 4.44. The molecule has 0 unspecified atom stereocenters. The molecule has 5 rings (SSSR count). The Kier molecular flexibility index (Phi) is 3.87. The maximum atomic E-state index is 4.44. The predicted octanol–water partition coefficient (Wildman–Crippen LogP) is 3.66. The minimum atomic E-state index is 0.553. The number of nitrogens with zero attached hydrogens (tertiary/aromatic N) is 5. The van der Waals surface area contributed by atoms with Crippen LogP contribution in [-0.4, -0.2) is 37.6 Å². The molecule has 26 heavy (non-hydrogen) atoms. The van der Waals surface area contributed by atoms with Crippen molar-refractivity contribution in [2.75, 3.05) is 13.1 Å². The highest BCUT2D eigenvalue weighted by atomic mass is 15.3. The first-order chi connectivity index (χ1) is 12.9. The third-order valence-electron chi connectivity index (χ3n) is 5.40. The van der Waals surface area contributed by atoms with E-state index in [1.807, 2.05) is 35.2 Å². The number of pyridine rings is 1. The van der Waals surface area contributed by atoms with Crippen molar-refractivity contribution in [2.24, 2.45) is 0 Å². The van der Waals surface area contributed by atoms with Gasteiger partial charge < -0.3 is 0 Å². The molecular weight excluding hydrogens is 322 g/mol. The topological polar surface area (TPSA) is 46.3 Å². The Hall–Kier alpha value is -2.79. The number of fused-ring (bicyclic) bond motifs is 2. The summed E-state index contributed by atoms with van der Waals surface area (Å²) >= 11 is 0. The average molecular weight is 343 g/mol. The lowest BCUT2D eigenvalue weighted by Crippen LogP contribution is -2.33. The lowest BCUT2D eigenvalue weighted by molar-refractivity contribution is 0.202. The van der Waals surface area contributed by atoms with Gasteiger partial charge in [-0.25, -0.2) is 9.50 Å². The molecule has 5 heteroatoms. The molecule has 1 aromatic carbocycles. The summed E-state index contributed by atoms with van der Waals surface area (Å²) in [7, 11) is 0. The van der Waals surface area contributed by atoms with Crippen molar-refractivity contribution in [1.82, 2.24) is 24.5 Å². The third-order valence-corrected chi connectivity index (χ3v) is 5.40. The lowest BCUT2D eigenvalue weighted by Gasteiger charge is -2.32. The number of piperidine rings is 1. The third kappa shape index (κ3) is 2.84. The highest BCUT2D eigenvalue weighted by molar-refractivity contribution is 5.78. The molecule has 0 atom stereocenters. The molecule has 1 aliphatic heterocycles. The van der Waals surface area contributed by atoms with Crippen LogP contribution in [0.15, 0.2) is 61.1 Å². The first kappa shape index (κ1) is 15.5. The van der Waals surface area contributed by atoms with Crippen LogP contribution in [0.25, 0.3) is 16.6 Å². The monoisotopic (exact) mass is 343 g/mol. The molecule has 5 nitrogen and oxygen atoms in total. The quantitative estimate of drug-likeness (QED) is 0.569. The van der Waals surface area contributed by atoms with Gasteiger partial charge in [-0.15, -0.1) is 0 Å². The number of hydrogen-bond acceptors (Lipinski definition) is 4. The highest BCUT2D eigenvalue weighted by Crippen LogP contribution is 2.28. The molecule has 3 aromatic heterocycles. The van der Waals surface area contributed by atoms with E-state index in [0.717, 1.165) is 43.6 Å². The summed E-state index contributed by atoms with van der Waals surface area (Å²) in [5.41, 5.74) is 4.66. The van der Waals surface area contributed by atoms with E-state index in [-0.39, 0.29) is 0 Å². The van der Waals surface area contributed by atoms with Crippen LogP contribution in [0.5, 0.6) is 0 Å². The van der Waals surface area contributed by atoms with Gasteiger partial charge in [-0.1, -0.05) is 12.1 Å². The zero-order chi connectivity index (χ0) is 17.3. The molecule has 0 amide bonds. The van der Waals surface area contributed by atoms with Crippen LogP contribution in [0.2, 0.25) is 0 Å². The van der Waals surface area contributed by atoms with Crippen molar-refractivity contribution in [2.45, 2.75) is 25.3 Å². The van der Waals surface area contributed by atoms with E-state index in [4.69, 9.17) is 0 Å². The second-order valence-electron chi connectivity index (χ2n) is 7.05. The Morgan fingerprint density at radius 1 is 0.923 bits per heavy atom. The summed E-state index contributed by atoms with van der Waals surface area (Å²) in [5.74, 6) is 0.553. The van der Waals surface area contributed by atoms with Gasteiger partial charge in [0.25, 0.3) is 0 Å². The molecule has 0 aliphatic carbocycles. The molecule has 1 aliphatic rings. The SMILES string of the molecule is c1cnc2ccc(CN3CCC(c4ccnc5ccnn45)CC3)cc2c1. The summed E-state index contributed by atoms with van der Waals surface area (Å²) in [6.07, 6.45) is 7.90.